The van der Waals surface area contributed by atoms with Crippen LogP contribution in [0, 0.1) is 0 Å². The van der Waals surface area contributed by atoms with Crippen LogP contribution in [0.3, 0.4) is 0 Å². The summed E-state index contributed by atoms with van der Waals surface area (Å²) in [5.41, 5.74) is 2.40. The Balaban J connectivity index is 1.41. The molecule has 0 aliphatic carbocycles. The summed E-state index contributed by atoms with van der Waals surface area (Å²) in [6.45, 7) is 7.26. The fraction of sp³-hybridized carbons (Fsp3) is 0.500. The second-order valence-electron chi connectivity index (χ2n) is 8.43. The van der Waals surface area contributed by atoms with Gasteiger partial charge >= 0.3 is 6.18 Å². The first-order valence-electron chi connectivity index (χ1n) is 10.7. The van der Waals surface area contributed by atoms with E-state index in [9.17, 15) is 18.0 Å². The number of hydrogen-bond donors (Lipinski definition) is 2. The van der Waals surface area contributed by atoms with E-state index in [0.717, 1.165) is 55.1 Å². The first kappa shape index (κ1) is 22.5. The van der Waals surface area contributed by atoms with Crippen molar-refractivity contribution < 1.29 is 18.0 Å². The van der Waals surface area contributed by atoms with Gasteiger partial charge in [0.2, 0.25) is 0 Å². The fourth-order valence-corrected chi connectivity index (χ4v) is 4.37. The number of Topliss-reactive ketones (excluding diaryl/α,β-unsaturated/α-hetero) is 1. The lowest BCUT2D eigenvalue weighted by molar-refractivity contribution is -0.137. The number of anilines is 1. The lowest BCUT2D eigenvalue weighted by Gasteiger charge is -2.40. The van der Waals surface area contributed by atoms with Gasteiger partial charge < -0.3 is 10.2 Å². The molecule has 1 fully saturated rings. The molecule has 10 heteroatoms. The molecule has 2 N–H and O–H groups in total. The van der Waals surface area contributed by atoms with Crippen molar-refractivity contribution in [3.05, 3.63) is 47.4 Å². The molecule has 2 aromatic heterocycles. The summed E-state index contributed by atoms with van der Waals surface area (Å²) >= 11 is 0. The molecule has 1 saturated heterocycles. The molecule has 2 aliphatic rings. The van der Waals surface area contributed by atoms with E-state index in [1.807, 2.05) is 17.2 Å². The summed E-state index contributed by atoms with van der Waals surface area (Å²) in [6.07, 6.45) is 1.14. The number of carbonyl (C=O) groups is 1. The number of ketones is 1. The first-order chi connectivity index (χ1) is 15.2. The molecule has 172 valence electrons. The molecule has 2 aromatic rings. The number of piperazine rings is 1. The van der Waals surface area contributed by atoms with Gasteiger partial charge in [0.15, 0.2) is 5.78 Å². The lowest BCUT2D eigenvalue weighted by atomic mass is 9.97. The summed E-state index contributed by atoms with van der Waals surface area (Å²) in [5, 5.41) is 10.5. The number of aromatic nitrogens is 3. The number of nitrogens with zero attached hydrogens (tertiary/aromatic N) is 4. The zero-order valence-electron chi connectivity index (χ0n) is 18.1. The van der Waals surface area contributed by atoms with Crippen molar-refractivity contribution in [3.63, 3.8) is 0 Å². The quantitative estimate of drug-likeness (QED) is 0.733. The zero-order chi connectivity index (χ0) is 22.9. The molecule has 7 nitrogen and oxygen atoms in total. The second kappa shape index (κ2) is 9.03. The van der Waals surface area contributed by atoms with Gasteiger partial charge in [-0.1, -0.05) is 6.08 Å². The van der Waals surface area contributed by atoms with Gasteiger partial charge in [0.1, 0.15) is 5.82 Å². The fourth-order valence-electron chi connectivity index (χ4n) is 4.37. The van der Waals surface area contributed by atoms with Crippen molar-refractivity contribution in [2.24, 2.45) is 0 Å². The molecule has 0 spiro atoms. The highest BCUT2D eigenvalue weighted by atomic mass is 19.4. The largest absolute Gasteiger partial charge is 0.417 e. The smallest absolute Gasteiger partial charge is 0.351 e. The van der Waals surface area contributed by atoms with Crippen molar-refractivity contribution in [2.75, 3.05) is 31.1 Å². The number of nitrogens with one attached hydrogen (secondary N) is 2. The third-order valence-corrected chi connectivity index (χ3v) is 6.08. The molecule has 0 amide bonds. The Morgan fingerprint density at radius 2 is 2.06 bits per heavy atom. The predicted molar refractivity (Wildman–Crippen MR) is 115 cm³/mol. The van der Waals surface area contributed by atoms with Crippen molar-refractivity contribution >= 4 is 17.2 Å². The van der Waals surface area contributed by atoms with Crippen LogP contribution in [-0.2, 0) is 17.5 Å². The van der Waals surface area contributed by atoms with Gasteiger partial charge in [-0.05, 0) is 38.0 Å². The van der Waals surface area contributed by atoms with Gasteiger partial charge in [-0.15, -0.1) is 0 Å². The third-order valence-electron chi connectivity index (χ3n) is 6.08. The van der Waals surface area contributed by atoms with E-state index in [1.54, 1.807) is 6.92 Å². The summed E-state index contributed by atoms with van der Waals surface area (Å²) < 4.78 is 38.4. The summed E-state index contributed by atoms with van der Waals surface area (Å²) in [7, 11) is 0. The summed E-state index contributed by atoms with van der Waals surface area (Å²) in [4.78, 5) is 20.2. The first-order valence-corrected chi connectivity index (χ1v) is 10.7. The van der Waals surface area contributed by atoms with E-state index in [1.165, 1.54) is 6.07 Å². The standard InChI is InChI=1S/C22H27F3N6O/c1-14-12-30(7-8-31(14)20-4-3-18(11-27-20)22(23,24)25)13-17-10-28-29-21(17)16-5-6-26-19(9-16)15(2)32/h3-4,9-11,14,19,26H,5-8,12-13H2,1-2H3,(H,28,29)/t14-,19?/m1/s1. The average Bonchev–Trinajstić information content (AvgIpc) is 3.21. The Kier molecular flexibility index (Phi) is 6.34. The monoisotopic (exact) mass is 448 g/mol. The van der Waals surface area contributed by atoms with Crippen LogP contribution in [0.2, 0.25) is 0 Å². The SMILES string of the molecule is CC(=O)C1C=C(c2[nH]ncc2CN2CCN(c3ccc(C(F)(F)F)cn3)[C@H](C)C2)CCN1. The maximum absolute atomic E-state index is 12.8. The van der Waals surface area contributed by atoms with E-state index in [2.05, 4.69) is 32.3 Å². The number of halogens is 3. The van der Waals surface area contributed by atoms with Crippen molar-refractivity contribution in [2.45, 2.75) is 45.1 Å². The summed E-state index contributed by atoms with van der Waals surface area (Å²) in [5.74, 6) is 0.648. The Morgan fingerprint density at radius 3 is 2.72 bits per heavy atom. The molecular formula is C22H27F3N6O. The topological polar surface area (TPSA) is 77.2 Å². The normalized spacial score (nSPS) is 22.7. The number of aromatic amines is 1. The Bertz CT molecular complexity index is 984. The lowest BCUT2D eigenvalue weighted by Crippen LogP contribution is -2.52. The molecule has 4 rings (SSSR count). The summed E-state index contributed by atoms with van der Waals surface area (Å²) in [6, 6.07) is 2.36. The van der Waals surface area contributed by atoms with Crippen LogP contribution in [0.1, 0.15) is 37.1 Å². The Labute approximate surface area is 184 Å². The highest BCUT2D eigenvalue weighted by Gasteiger charge is 2.32. The van der Waals surface area contributed by atoms with Gasteiger partial charge in [0.25, 0.3) is 0 Å². The number of alkyl halides is 3. The van der Waals surface area contributed by atoms with Crippen LogP contribution in [0.4, 0.5) is 19.0 Å². The highest BCUT2D eigenvalue weighted by Crippen LogP contribution is 2.30. The van der Waals surface area contributed by atoms with Crippen LogP contribution >= 0.6 is 0 Å². The van der Waals surface area contributed by atoms with E-state index in [4.69, 9.17) is 0 Å². The third kappa shape index (κ3) is 4.86. The van der Waals surface area contributed by atoms with E-state index >= 15 is 0 Å². The van der Waals surface area contributed by atoms with Crippen molar-refractivity contribution in [1.82, 2.24) is 25.4 Å². The molecule has 1 unspecified atom stereocenters. The number of pyridine rings is 1. The Morgan fingerprint density at radius 1 is 1.25 bits per heavy atom. The highest BCUT2D eigenvalue weighted by molar-refractivity contribution is 5.86. The molecule has 2 atom stereocenters. The van der Waals surface area contributed by atoms with Gasteiger partial charge in [0, 0.05) is 50.5 Å². The van der Waals surface area contributed by atoms with Gasteiger partial charge in [-0.3, -0.25) is 14.8 Å². The second-order valence-corrected chi connectivity index (χ2v) is 8.43. The predicted octanol–water partition coefficient (Wildman–Crippen LogP) is 2.87. The molecule has 4 heterocycles. The van der Waals surface area contributed by atoms with Crippen LogP contribution in [-0.4, -0.2) is 64.1 Å². The molecule has 0 saturated carbocycles. The van der Waals surface area contributed by atoms with Crippen LogP contribution in [0.15, 0.2) is 30.6 Å². The average molecular weight is 448 g/mol. The van der Waals surface area contributed by atoms with Gasteiger partial charge in [-0.2, -0.15) is 18.3 Å². The van der Waals surface area contributed by atoms with Crippen molar-refractivity contribution in [1.29, 1.82) is 0 Å². The minimum atomic E-state index is -4.38. The molecular weight excluding hydrogens is 421 g/mol. The maximum atomic E-state index is 12.8. The number of hydrogen-bond acceptors (Lipinski definition) is 6. The number of rotatable bonds is 5. The van der Waals surface area contributed by atoms with Crippen LogP contribution in [0.25, 0.3) is 5.57 Å². The molecule has 0 aromatic carbocycles. The van der Waals surface area contributed by atoms with Crippen LogP contribution < -0.4 is 10.2 Å². The number of carbonyl (C=O) groups excluding carboxylic acids is 1. The van der Waals surface area contributed by atoms with E-state index in [-0.39, 0.29) is 17.9 Å². The van der Waals surface area contributed by atoms with Crippen molar-refractivity contribution in [3.8, 4) is 0 Å². The van der Waals surface area contributed by atoms with Crippen LogP contribution in [0.5, 0.6) is 0 Å². The van der Waals surface area contributed by atoms with E-state index in [0.29, 0.717) is 18.9 Å². The molecule has 0 bridgehead atoms. The minimum Gasteiger partial charge on any atom is -0.351 e. The minimum absolute atomic E-state index is 0.0880. The van der Waals surface area contributed by atoms with Gasteiger partial charge in [-0.25, -0.2) is 4.98 Å². The number of H-pyrrole nitrogens is 1. The molecule has 2 aliphatic heterocycles. The van der Waals surface area contributed by atoms with Gasteiger partial charge in [0.05, 0.1) is 23.5 Å². The van der Waals surface area contributed by atoms with E-state index < -0.39 is 11.7 Å². The maximum Gasteiger partial charge on any atom is 0.417 e. The molecule has 32 heavy (non-hydrogen) atoms. The zero-order valence-corrected chi connectivity index (χ0v) is 18.1. The molecule has 0 radical (unpaired) electrons. The Hall–Kier alpha value is -2.72.